The monoisotopic (exact) mass is 247 g/mol. The Labute approximate surface area is 106 Å². The lowest BCUT2D eigenvalue weighted by molar-refractivity contribution is 0.0866. The first-order valence-corrected chi connectivity index (χ1v) is 8.78. The molecule has 0 aliphatic carbocycles. The van der Waals surface area contributed by atoms with Gasteiger partial charge in [-0.05, 0) is 36.2 Å². The molecule has 1 unspecified atom stereocenters. The van der Waals surface area contributed by atoms with Crippen LogP contribution in [0.2, 0.25) is 13.1 Å². The summed E-state index contributed by atoms with van der Waals surface area (Å²) in [6.45, 7) is 10.9. The summed E-state index contributed by atoms with van der Waals surface area (Å²) in [5.74, 6) is 0. The maximum atomic E-state index is 8.95. The van der Waals surface area contributed by atoms with Gasteiger partial charge in [-0.25, -0.2) is 0 Å². The van der Waals surface area contributed by atoms with E-state index in [1.807, 2.05) is 24.3 Å². The minimum absolute atomic E-state index is 0.0470. The Hall–Kier alpha value is -1.11. The summed E-state index contributed by atoms with van der Waals surface area (Å²) in [5, 5.41) is 8.95. The summed E-state index contributed by atoms with van der Waals surface area (Å²) in [7, 11) is -1.11. The van der Waals surface area contributed by atoms with E-state index in [0.29, 0.717) is 5.56 Å². The van der Waals surface area contributed by atoms with Crippen molar-refractivity contribution in [2.75, 3.05) is 0 Å². The predicted octanol–water partition coefficient (Wildman–Crippen LogP) is 3.65. The summed E-state index contributed by atoms with van der Waals surface area (Å²) in [4.78, 5) is 0. The van der Waals surface area contributed by atoms with Crippen LogP contribution in [0.5, 0.6) is 0 Å². The topological polar surface area (TPSA) is 33.0 Å². The molecule has 0 N–H and O–H groups in total. The number of hydrogen-bond donors (Lipinski definition) is 0. The van der Waals surface area contributed by atoms with Gasteiger partial charge in [-0.3, -0.25) is 0 Å². The second-order valence-corrected chi connectivity index (χ2v) is 8.04. The molecule has 0 aliphatic rings. The predicted molar refractivity (Wildman–Crippen MR) is 73.3 cm³/mol. The number of hydrogen-bond acceptors (Lipinski definition) is 2. The molecule has 1 atom stereocenters. The molecule has 0 amide bonds. The van der Waals surface area contributed by atoms with Crippen LogP contribution in [0, 0.1) is 16.7 Å². The minimum Gasteiger partial charge on any atom is -0.413 e. The molecule has 2 nitrogen and oxygen atoms in total. The molecule has 1 aromatic carbocycles. The summed E-state index contributed by atoms with van der Waals surface area (Å²) < 4.78 is 6.13. The Balaban J connectivity index is 3.09. The molecule has 0 saturated carbocycles. The Bertz CT molecular complexity index is 415. The van der Waals surface area contributed by atoms with Crippen molar-refractivity contribution in [1.29, 1.82) is 5.26 Å². The molecule has 0 spiro atoms. The zero-order chi connectivity index (χ0) is 13.1. The van der Waals surface area contributed by atoms with Gasteiger partial charge in [-0.15, -0.1) is 0 Å². The van der Waals surface area contributed by atoms with Gasteiger partial charge in [0.15, 0.2) is 9.04 Å². The third-order valence-corrected chi connectivity index (χ3v) is 3.33. The van der Waals surface area contributed by atoms with Crippen molar-refractivity contribution in [3.05, 3.63) is 35.4 Å². The first-order chi connectivity index (χ1) is 7.84. The zero-order valence-electron chi connectivity index (χ0n) is 11.3. The Morgan fingerprint density at radius 3 is 2.41 bits per heavy atom. The number of benzene rings is 1. The lowest BCUT2D eigenvalue weighted by Crippen LogP contribution is -2.25. The molecule has 0 heterocycles. The van der Waals surface area contributed by atoms with Crippen LogP contribution in [-0.4, -0.2) is 9.04 Å². The first kappa shape index (κ1) is 13.9. The van der Waals surface area contributed by atoms with Crippen LogP contribution in [0.3, 0.4) is 0 Å². The average Bonchev–Trinajstić information content (AvgIpc) is 2.24. The van der Waals surface area contributed by atoms with Gasteiger partial charge in [0, 0.05) is 0 Å². The second kappa shape index (κ2) is 5.48. The van der Waals surface area contributed by atoms with Crippen LogP contribution in [0.4, 0.5) is 0 Å². The lowest BCUT2D eigenvalue weighted by atomic mass is 9.84. The Morgan fingerprint density at radius 2 is 1.94 bits per heavy atom. The fourth-order valence-electron chi connectivity index (χ4n) is 1.83. The van der Waals surface area contributed by atoms with Crippen molar-refractivity contribution in [1.82, 2.24) is 0 Å². The molecule has 0 saturated heterocycles. The molecule has 1 aromatic rings. The molecular formula is C14H21NOSi. The van der Waals surface area contributed by atoms with E-state index in [1.165, 1.54) is 0 Å². The van der Waals surface area contributed by atoms with E-state index in [2.05, 4.69) is 39.9 Å². The van der Waals surface area contributed by atoms with Crippen LogP contribution in [0.15, 0.2) is 24.3 Å². The van der Waals surface area contributed by atoms with E-state index >= 15 is 0 Å². The Kier molecular flexibility index (Phi) is 4.50. The molecule has 0 aliphatic heterocycles. The van der Waals surface area contributed by atoms with Crippen molar-refractivity contribution in [2.24, 2.45) is 5.41 Å². The van der Waals surface area contributed by atoms with E-state index in [1.54, 1.807) is 0 Å². The molecule has 1 rings (SSSR count). The lowest BCUT2D eigenvalue weighted by Gasteiger charge is -2.33. The molecular weight excluding hydrogens is 226 g/mol. The third kappa shape index (κ3) is 3.99. The van der Waals surface area contributed by atoms with Gasteiger partial charge >= 0.3 is 0 Å². The normalized spacial score (nSPS) is 13.5. The molecule has 17 heavy (non-hydrogen) atoms. The summed E-state index contributed by atoms with van der Waals surface area (Å²) in [6, 6.07) is 9.93. The molecule has 3 heteroatoms. The first-order valence-electron chi connectivity index (χ1n) is 6.00. The van der Waals surface area contributed by atoms with Gasteiger partial charge < -0.3 is 4.43 Å². The zero-order valence-corrected chi connectivity index (χ0v) is 12.5. The molecule has 0 aromatic heterocycles. The van der Waals surface area contributed by atoms with Crippen LogP contribution in [0.1, 0.15) is 38.0 Å². The maximum Gasteiger partial charge on any atom is 0.171 e. The number of rotatable bonds is 3. The standard InChI is InChI=1S/C14H21NOSi/c1-14(2,3)13(16-17(4)5)12-8-6-7-11(9-12)10-15/h6-9,13,17H,1-5H3. The summed E-state index contributed by atoms with van der Waals surface area (Å²) in [5.41, 5.74) is 1.86. The number of nitrogens with zero attached hydrogens (tertiary/aromatic N) is 1. The van der Waals surface area contributed by atoms with Crippen LogP contribution < -0.4 is 0 Å². The van der Waals surface area contributed by atoms with Crippen molar-refractivity contribution in [2.45, 2.75) is 40.0 Å². The van der Waals surface area contributed by atoms with Crippen molar-refractivity contribution >= 4 is 9.04 Å². The van der Waals surface area contributed by atoms with E-state index in [-0.39, 0.29) is 11.5 Å². The van der Waals surface area contributed by atoms with Crippen LogP contribution in [-0.2, 0) is 4.43 Å². The van der Waals surface area contributed by atoms with Crippen molar-refractivity contribution < 1.29 is 4.43 Å². The number of nitriles is 1. The van der Waals surface area contributed by atoms with E-state index < -0.39 is 9.04 Å². The van der Waals surface area contributed by atoms with Gasteiger partial charge in [-0.2, -0.15) is 5.26 Å². The van der Waals surface area contributed by atoms with Gasteiger partial charge in [0.1, 0.15) is 0 Å². The summed E-state index contributed by atoms with van der Waals surface area (Å²) >= 11 is 0. The van der Waals surface area contributed by atoms with Gasteiger partial charge in [0.25, 0.3) is 0 Å². The van der Waals surface area contributed by atoms with Crippen molar-refractivity contribution in [3.8, 4) is 6.07 Å². The third-order valence-electron chi connectivity index (χ3n) is 2.51. The maximum absolute atomic E-state index is 8.95. The largest absolute Gasteiger partial charge is 0.413 e. The fourth-order valence-corrected chi connectivity index (χ4v) is 2.94. The SMILES string of the molecule is C[SiH](C)OC(c1cccc(C#N)c1)C(C)(C)C. The summed E-state index contributed by atoms with van der Waals surface area (Å²) in [6.07, 6.45) is 0.0717. The fraction of sp³-hybridized carbons (Fsp3) is 0.500. The molecule has 0 fully saturated rings. The smallest absolute Gasteiger partial charge is 0.171 e. The molecule has 0 radical (unpaired) electrons. The quantitative estimate of drug-likeness (QED) is 0.764. The van der Waals surface area contributed by atoms with Crippen molar-refractivity contribution in [3.63, 3.8) is 0 Å². The van der Waals surface area contributed by atoms with E-state index in [9.17, 15) is 0 Å². The minimum atomic E-state index is -1.11. The van der Waals surface area contributed by atoms with Crippen LogP contribution in [0.25, 0.3) is 0 Å². The molecule has 92 valence electrons. The van der Waals surface area contributed by atoms with Gasteiger partial charge in [0.2, 0.25) is 0 Å². The van der Waals surface area contributed by atoms with E-state index in [0.717, 1.165) is 5.56 Å². The van der Waals surface area contributed by atoms with E-state index in [4.69, 9.17) is 9.69 Å². The molecule has 0 bridgehead atoms. The highest BCUT2D eigenvalue weighted by Crippen LogP contribution is 2.36. The highest BCUT2D eigenvalue weighted by molar-refractivity contribution is 6.48. The van der Waals surface area contributed by atoms with Gasteiger partial charge in [0.05, 0.1) is 17.7 Å². The van der Waals surface area contributed by atoms with Crippen LogP contribution >= 0.6 is 0 Å². The Morgan fingerprint density at radius 1 is 1.29 bits per heavy atom. The van der Waals surface area contributed by atoms with Gasteiger partial charge in [-0.1, -0.05) is 32.9 Å². The highest BCUT2D eigenvalue weighted by Gasteiger charge is 2.27. The second-order valence-electron chi connectivity index (χ2n) is 5.67. The average molecular weight is 247 g/mol. The highest BCUT2D eigenvalue weighted by atomic mass is 28.3.